The molecule has 1 aliphatic carbocycles. The van der Waals surface area contributed by atoms with Crippen LogP contribution < -0.4 is 5.32 Å². The van der Waals surface area contributed by atoms with Gasteiger partial charge < -0.3 is 10.1 Å². The zero-order valence-corrected chi connectivity index (χ0v) is 12.3. The van der Waals surface area contributed by atoms with E-state index in [2.05, 4.69) is 37.4 Å². The summed E-state index contributed by atoms with van der Waals surface area (Å²) in [4.78, 5) is 0. The first-order valence-corrected chi connectivity index (χ1v) is 7.45. The van der Waals surface area contributed by atoms with Crippen molar-refractivity contribution in [3.8, 4) is 0 Å². The topological polar surface area (TPSA) is 39.1 Å². The monoisotopic (exact) mass is 263 g/mol. The molecule has 1 atom stereocenters. The number of hydrogen-bond donors (Lipinski definition) is 1. The number of aromatic nitrogens is 2. The quantitative estimate of drug-likeness (QED) is 0.891. The number of hydrogen-bond acceptors (Lipinski definition) is 3. The fourth-order valence-corrected chi connectivity index (χ4v) is 3.38. The van der Waals surface area contributed by atoms with Gasteiger partial charge in [-0.1, -0.05) is 12.8 Å². The Hall–Kier alpha value is -1.03. The molecule has 1 saturated carbocycles. The second kappa shape index (κ2) is 4.51. The van der Waals surface area contributed by atoms with E-state index in [4.69, 9.17) is 4.74 Å². The Balaban J connectivity index is 1.73. The molecule has 2 fully saturated rings. The molecule has 2 aliphatic rings. The largest absolute Gasteiger partial charge is 0.377 e. The molecule has 2 heterocycles. The Kier molecular flexibility index (Phi) is 3.08. The zero-order chi connectivity index (χ0) is 13.5. The van der Waals surface area contributed by atoms with Gasteiger partial charge in [0.15, 0.2) is 0 Å². The van der Waals surface area contributed by atoms with Gasteiger partial charge in [-0.2, -0.15) is 5.10 Å². The van der Waals surface area contributed by atoms with Crippen LogP contribution in [0.5, 0.6) is 0 Å². The lowest BCUT2D eigenvalue weighted by molar-refractivity contribution is 0.00523. The predicted molar refractivity (Wildman–Crippen MR) is 76.4 cm³/mol. The van der Waals surface area contributed by atoms with Crippen LogP contribution in [0.2, 0.25) is 0 Å². The van der Waals surface area contributed by atoms with Gasteiger partial charge in [0.1, 0.15) is 0 Å². The third-order valence-corrected chi connectivity index (χ3v) is 4.49. The standard InChI is InChI=1S/C15H25N3O/c1-14(2,3)18-11-12(10-16-18)17-13-6-9-19-15(13)7-4-5-8-15/h10-11,13,17H,4-9H2,1-3H3. The Bertz CT molecular complexity index is 435. The van der Waals surface area contributed by atoms with Gasteiger partial charge in [-0.15, -0.1) is 0 Å². The van der Waals surface area contributed by atoms with Crippen molar-refractivity contribution in [2.75, 3.05) is 11.9 Å². The molecule has 1 saturated heterocycles. The molecule has 1 aromatic rings. The van der Waals surface area contributed by atoms with Crippen LogP contribution in [-0.4, -0.2) is 28.0 Å². The summed E-state index contributed by atoms with van der Waals surface area (Å²) in [7, 11) is 0. The maximum Gasteiger partial charge on any atom is 0.0883 e. The van der Waals surface area contributed by atoms with Crippen molar-refractivity contribution in [1.82, 2.24) is 9.78 Å². The van der Waals surface area contributed by atoms with E-state index in [9.17, 15) is 0 Å². The third kappa shape index (κ3) is 2.38. The first-order chi connectivity index (χ1) is 9.00. The summed E-state index contributed by atoms with van der Waals surface area (Å²) in [6.45, 7) is 7.40. The molecule has 1 N–H and O–H groups in total. The summed E-state index contributed by atoms with van der Waals surface area (Å²) in [6, 6.07) is 0.451. The molecular weight excluding hydrogens is 238 g/mol. The fraction of sp³-hybridized carbons (Fsp3) is 0.800. The fourth-order valence-electron chi connectivity index (χ4n) is 3.38. The lowest BCUT2D eigenvalue weighted by atomic mass is 9.92. The number of nitrogens with one attached hydrogen (secondary N) is 1. The summed E-state index contributed by atoms with van der Waals surface area (Å²) in [5.41, 5.74) is 1.26. The summed E-state index contributed by atoms with van der Waals surface area (Å²) < 4.78 is 8.09. The number of rotatable bonds is 2. The van der Waals surface area contributed by atoms with E-state index in [0.717, 1.165) is 18.7 Å². The van der Waals surface area contributed by atoms with Gasteiger partial charge in [-0.3, -0.25) is 4.68 Å². The Morgan fingerprint density at radius 3 is 2.74 bits per heavy atom. The van der Waals surface area contributed by atoms with E-state index in [1.54, 1.807) is 0 Å². The van der Waals surface area contributed by atoms with Crippen LogP contribution in [0.3, 0.4) is 0 Å². The van der Waals surface area contributed by atoms with Crippen LogP contribution >= 0.6 is 0 Å². The second-order valence-electron chi connectivity index (χ2n) is 6.95. The van der Waals surface area contributed by atoms with Gasteiger partial charge in [0.05, 0.1) is 29.1 Å². The van der Waals surface area contributed by atoms with Gasteiger partial charge >= 0.3 is 0 Å². The minimum absolute atomic E-state index is 0.0388. The van der Waals surface area contributed by atoms with Gasteiger partial charge in [0, 0.05) is 12.8 Å². The van der Waals surface area contributed by atoms with Crippen molar-refractivity contribution in [3.05, 3.63) is 12.4 Å². The molecule has 4 heteroatoms. The summed E-state index contributed by atoms with van der Waals surface area (Å²) in [5.74, 6) is 0. The van der Waals surface area contributed by atoms with Crippen molar-refractivity contribution < 1.29 is 4.74 Å². The van der Waals surface area contributed by atoms with Crippen molar-refractivity contribution in [2.45, 2.75) is 70.1 Å². The Morgan fingerprint density at radius 1 is 1.37 bits per heavy atom. The summed E-state index contributed by atoms with van der Waals surface area (Å²) >= 11 is 0. The van der Waals surface area contributed by atoms with Crippen LogP contribution in [0.4, 0.5) is 5.69 Å². The van der Waals surface area contributed by atoms with Crippen LogP contribution in [0.15, 0.2) is 12.4 Å². The Labute approximate surface area is 115 Å². The molecule has 106 valence electrons. The molecule has 0 radical (unpaired) electrons. The number of anilines is 1. The molecule has 0 aromatic carbocycles. The van der Waals surface area contributed by atoms with Crippen molar-refractivity contribution in [3.63, 3.8) is 0 Å². The van der Waals surface area contributed by atoms with Crippen molar-refractivity contribution in [2.24, 2.45) is 0 Å². The smallest absolute Gasteiger partial charge is 0.0883 e. The predicted octanol–water partition coefficient (Wildman–Crippen LogP) is 3.15. The molecule has 0 amide bonds. The van der Waals surface area contributed by atoms with Crippen LogP contribution in [0, 0.1) is 0 Å². The van der Waals surface area contributed by atoms with Gasteiger partial charge in [0.25, 0.3) is 0 Å². The van der Waals surface area contributed by atoms with Crippen LogP contribution in [0.1, 0.15) is 52.9 Å². The van der Waals surface area contributed by atoms with Gasteiger partial charge in [-0.05, 0) is 40.0 Å². The molecule has 3 rings (SSSR count). The first-order valence-electron chi connectivity index (χ1n) is 7.45. The molecule has 1 unspecified atom stereocenters. The molecule has 0 bridgehead atoms. The van der Waals surface area contributed by atoms with Crippen molar-refractivity contribution >= 4 is 5.69 Å². The van der Waals surface area contributed by atoms with Gasteiger partial charge in [-0.25, -0.2) is 0 Å². The summed E-state index contributed by atoms with van der Waals surface area (Å²) in [5, 5.41) is 8.12. The SMILES string of the molecule is CC(C)(C)n1cc(NC2CCOC23CCCC3)cn1. The van der Waals surface area contributed by atoms with E-state index in [0.29, 0.717) is 6.04 Å². The van der Waals surface area contributed by atoms with E-state index in [1.807, 2.05) is 10.9 Å². The summed E-state index contributed by atoms with van der Waals surface area (Å²) in [6.07, 6.45) is 10.2. The maximum absolute atomic E-state index is 6.07. The molecule has 4 nitrogen and oxygen atoms in total. The van der Waals surface area contributed by atoms with E-state index < -0.39 is 0 Å². The van der Waals surface area contributed by atoms with Gasteiger partial charge in [0.2, 0.25) is 0 Å². The Morgan fingerprint density at radius 2 is 2.11 bits per heavy atom. The molecular formula is C15H25N3O. The van der Waals surface area contributed by atoms with E-state index in [-0.39, 0.29) is 11.1 Å². The maximum atomic E-state index is 6.07. The lowest BCUT2D eigenvalue weighted by Gasteiger charge is -2.30. The lowest BCUT2D eigenvalue weighted by Crippen LogP contribution is -2.41. The van der Waals surface area contributed by atoms with Crippen LogP contribution in [0.25, 0.3) is 0 Å². The molecule has 1 aliphatic heterocycles. The van der Waals surface area contributed by atoms with E-state index in [1.165, 1.54) is 25.7 Å². The minimum Gasteiger partial charge on any atom is -0.377 e. The first kappa shape index (κ1) is 13.0. The highest BCUT2D eigenvalue weighted by Gasteiger charge is 2.46. The number of ether oxygens (including phenoxy) is 1. The molecule has 1 spiro atoms. The van der Waals surface area contributed by atoms with Crippen molar-refractivity contribution in [1.29, 1.82) is 0 Å². The molecule has 1 aromatic heterocycles. The highest BCUT2D eigenvalue weighted by atomic mass is 16.5. The second-order valence-corrected chi connectivity index (χ2v) is 6.95. The molecule has 19 heavy (non-hydrogen) atoms. The highest BCUT2D eigenvalue weighted by Crippen LogP contribution is 2.42. The third-order valence-electron chi connectivity index (χ3n) is 4.49. The normalized spacial score (nSPS) is 26.2. The average Bonchev–Trinajstić information content (AvgIpc) is 3.02. The highest BCUT2D eigenvalue weighted by molar-refractivity contribution is 5.41. The zero-order valence-electron chi connectivity index (χ0n) is 12.3. The average molecular weight is 263 g/mol. The van der Waals surface area contributed by atoms with Crippen LogP contribution in [-0.2, 0) is 10.3 Å². The van der Waals surface area contributed by atoms with E-state index >= 15 is 0 Å². The minimum atomic E-state index is 0.0388. The number of nitrogens with zero attached hydrogens (tertiary/aromatic N) is 2.